The zero-order valence-corrected chi connectivity index (χ0v) is 9.35. The summed E-state index contributed by atoms with van der Waals surface area (Å²) in [6, 6.07) is 9.52. The molecule has 1 aromatic carbocycles. The number of hydrogen-bond donors (Lipinski definition) is 0. The Morgan fingerprint density at radius 3 is 2.88 bits per heavy atom. The molecule has 1 aromatic rings. The number of hydrogen-bond acceptors (Lipinski definition) is 2. The largest absolute Gasteiger partial charge is 0.455 e. The molecule has 2 rings (SSSR count). The van der Waals surface area contributed by atoms with E-state index in [1.165, 1.54) is 0 Å². The van der Waals surface area contributed by atoms with Gasteiger partial charge in [0, 0.05) is 0 Å². The fourth-order valence-corrected chi connectivity index (χ4v) is 1.81. The Bertz CT molecular complexity index is 425. The van der Waals surface area contributed by atoms with Crippen molar-refractivity contribution in [2.24, 2.45) is 5.92 Å². The molecule has 0 unspecified atom stereocenters. The van der Waals surface area contributed by atoms with Crippen LogP contribution in [0.2, 0.25) is 0 Å². The first kappa shape index (κ1) is 9.64. The lowest BCUT2D eigenvalue weighted by Crippen LogP contribution is -2.21. The summed E-state index contributed by atoms with van der Waals surface area (Å²) in [4.78, 5) is 11.8. The molecule has 0 heterocycles. The smallest absolute Gasteiger partial charge is 0.338 e. The number of ether oxygens (including phenoxy) is 1. The van der Waals surface area contributed by atoms with E-state index in [0.717, 1.165) is 12.8 Å². The topological polar surface area (TPSA) is 26.3 Å². The van der Waals surface area contributed by atoms with Crippen LogP contribution in [-0.2, 0) is 4.74 Å². The predicted molar refractivity (Wildman–Crippen MR) is 63.2 cm³/mol. The number of carbonyl (C=O) groups excluding carboxylic acids is 1. The molecule has 0 radical (unpaired) electrons. The van der Waals surface area contributed by atoms with Crippen molar-refractivity contribution in [2.45, 2.75) is 25.9 Å². The third kappa shape index (κ3) is 2.72. The first-order chi connectivity index (χ1) is 8.15. The molecule has 2 nitrogen and oxygen atoms in total. The van der Waals surface area contributed by atoms with Crippen LogP contribution in [0.3, 0.4) is 0 Å². The summed E-state index contributed by atoms with van der Waals surface area (Å²) in [7, 11) is 0. The highest BCUT2D eigenvalue weighted by atomic mass is 16.5. The van der Waals surface area contributed by atoms with Crippen LogP contribution >= 0.6 is 0 Å². The molecule has 16 heavy (non-hydrogen) atoms. The van der Waals surface area contributed by atoms with Crippen molar-refractivity contribution in [1.29, 1.82) is 0 Å². The Balaban J connectivity index is 2.02. The second-order valence-electron chi connectivity index (χ2n) is 4.23. The normalized spacial score (nSPS) is 25.6. The Kier molecular flexibility index (Phi) is 3.00. The van der Waals surface area contributed by atoms with E-state index in [1.54, 1.807) is 18.2 Å². The van der Waals surface area contributed by atoms with Crippen LogP contribution < -0.4 is 0 Å². The quantitative estimate of drug-likeness (QED) is 0.561. The summed E-state index contributed by atoms with van der Waals surface area (Å²) >= 11 is 0. The maximum Gasteiger partial charge on any atom is 0.338 e. The molecule has 84 valence electrons. The standard InChI is InChI=1S/C14H16O2/c1-11-6-5-9-13(10-11)16-14(15)12-7-3-2-4-8-12/h2-5,7-9,11,13H,6,10H2,1H3/t11-,13-/m0/s1/i5D. The van der Waals surface area contributed by atoms with Crippen molar-refractivity contribution in [3.8, 4) is 0 Å². The third-order valence-electron chi connectivity index (χ3n) is 2.67. The van der Waals surface area contributed by atoms with Gasteiger partial charge in [0.2, 0.25) is 0 Å². The summed E-state index contributed by atoms with van der Waals surface area (Å²) in [6.07, 6.45) is 3.07. The van der Waals surface area contributed by atoms with Gasteiger partial charge in [0.25, 0.3) is 0 Å². The van der Waals surface area contributed by atoms with Crippen molar-refractivity contribution in [3.05, 3.63) is 48.0 Å². The lowest BCUT2D eigenvalue weighted by atomic mass is 9.94. The van der Waals surface area contributed by atoms with Crippen LogP contribution in [0.15, 0.2) is 42.5 Å². The molecular weight excluding hydrogens is 200 g/mol. The Morgan fingerprint density at radius 2 is 2.19 bits per heavy atom. The molecule has 0 N–H and O–H groups in total. The monoisotopic (exact) mass is 217 g/mol. The van der Waals surface area contributed by atoms with Crippen LogP contribution in [0, 0.1) is 5.92 Å². The average molecular weight is 217 g/mol. The minimum atomic E-state index is -0.311. The van der Waals surface area contributed by atoms with Gasteiger partial charge in [0.15, 0.2) is 0 Å². The van der Waals surface area contributed by atoms with Crippen molar-refractivity contribution < 1.29 is 10.9 Å². The minimum absolute atomic E-state index is 0.251. The SMILES string of the molecule is [2H]C1=C[C@H](OC(=O)c2ccccc2)C[C@@H](C)C1. The molecule has 0 amide bonds. The zero-order chi connectivity index (χ0) is 12.3. The van der Waals surface area contributed by atoms with E-state index in [9.17, 15) is 4.79 Å². The molecule has 2 atom stereocenters. The summed E-state index contributed by atoms with van der Waals surface area (Å²) < 4.78 is 13.0. The summed E-state index contributed by atoms with van der Waals surface area (Å²) in [5.41, 5.74) is 0.561. The first-order valence-electron chi connectivity index (χ1n) is 6.08. The van der Waals surface area contributed by atoms with Gasteiger partial charge in [-0.15, -0.1) is 0 Å². The van der Waals surface area contributed by atoms with Gasteiger partial charge in [-0.1, -0.05) is 31.2 Å². The molecular formula is C14H16O2. The van der Waals surface area contributed by atoms with Gasteiger partial charge < -0.3 is 4.74 Å². The summed E-state index contributed by atoms with van der Waals surface area (Å²) in [5.74, 6) is 0.0924. The molecule has 0 aliphatic heterocycles. The maximum atomic E-state index is 11.8. The third-order valence-corrected chi connectivity index (χ3v) is 2.67. The zero-order valence-electron chi connectivity index (χ0n) is 10.3. The van der Waals surface area contributed by atoms with Crippen molar-refractivity contribution in [3.63, 3.8) is 0 Å². The maximum absolute atomic E-state index is 11.8. The van der Waals surface area contributed by atoms with E-state index >= 15 is 0 Å². The molecule has 0 spiro atoms. The minimum Gasteiger partial charge on any atom is -0.455 e. The molecule has 0 saturated carbocycles. The summed E-state index contributed by atoms with van der Waals surface area (Å²) in [6.45, 7) is 2.07. The Morgan fingerprint density at radius 1 is 1.44 bits per heavy atom. The van der Waals surface area contributed by atoms with E-state index in [2.05, 4.69) is 6.92 Å². The van der Waals surface area contributed by atoms with Crippen LogP contribution in [0.1, 0.15) is 31.5 Å². The van der Waals surface area contributed by atoms with Gasteiger partial charge in [0.1, 0.15) is 6.10 Å². The second kappa shape index (κ2) is 4.97. The fraction of sp³-hybridized carbons (Fsp3) is 0.357. The Labute approximate surface area is 97.3 Å². The van der Waals surface area contributed by atoms with E-state index < -0.39 is 0 Å². The van der Waals surface area contributed by atoms with Gasteiger partial charge >= 0.3 is 5.97 Å². The predicted octanol–water partition coefficient (Wildman–Crippen LogP) is 3.20. The molecule has 0 saturated heterocycles. The molecule has 1 aliphatic rings. The van der Waals surface area contributed by atoms with Crippen LogP contribution in [0.25, 0.3) is 0 Å². The molecule has 2 heteroatoms. The lowest BCUT2D eigenvalue weighted by Gasteiger charge is -2.21. The van der Waals surface area contributed by atoms with E-state index in [1.807, 2.05) is 18.2 Å². The first-order valence-corrected chi connectivity index (χ1v) is 5.58. The van der Waals surface area contributed by atoms with Gasteiger partial charge in [-0.3, -0.25) is 0 Å². The van der Waals surface area contributed by atoms with Gasteiger partial charge in [-0.05, 0) is 37.0 Å². The Hall–Kier alpha value is -1.57. The van der Waals surface area contributed by atoms with Gasteiger partial charge in [-0.2, -0.15) is 0 Å². The highest BCUT2D eigenvalue weighted by molar-refractivity contribution is 5.89. The van der Waals surface area contributed by atoms with Crippen LogP contribution in [0.5, 0.6) is 0 Å². The number of allylic oxidation sites excluding steroid dienone is 1. The fourth-order valence-electron chi connectivity index (χ4n) is 1.81. The summed E-state index contributed by atoms with van der Waals surface area (Å²) in [5, 5.41) is 0. The van der Waals surface area contributed by atoms with E-state index in [-0.39, 0.29) is 12.1 Å². The molecule has 1 aliphatic carbocycles. The highest BCUT2D eigenvalue weighted by Gasteiger charge is 2.18. The van der Waals surface area contributed by atoms with Crippen molar-refractivity contribution in [2.75, 3.05) is 0 Å². The lowest BCUT2D eigenvalue weighted by molar-refractivity contribution is 0.0344. The number of rotatable bonds is 2. The van der Waals surface area contributed by atoms with Crippen molar-refractivity contribution >= 4 is 5.97 Å². The van der Waals surface area contributed by atoms with Crippen LogP contribution in [0.4, 0.5) is 0 Å². The number of esters is 1. The van der Waals surface area contributed by atoms with Crippen molar-refractivity contribution in [1.82, 2.24) is 0 Å². The van der Waals surface area contributed by atoms with Crippen LogP contribution in [-0.4, -0.2) is 12.1 Å². The second-order valence-corrected chi connectivity index (χ2v) is 4.23. The molecule has 0 fully saturated rings. The average Bonchev–Trinajstić information content (AvgIpc) is 2.28. The van der Waals surface area contributed by atoms with E-state index in [4.69, 9.17) is 6.11 Å². The number of benzene rings is 1. The molecule has 0 bridgehead atoms. The van der Waals surface area contributed by atoms with Gasteiger partial charge in [-0.25, -0.2) is 4.79 Å². The van der Waals surface area contributed by atoms with Gasteiger partial charge in [0.05, 0.1) is 6.93 Å². The highest BCUT2D eigenvalue weighted by Crippen LogP contribution is 2.20. The number of carbonyl (C=O) groups is 1. The van der Waals surface area contributed by atoms with E-state index in [0.29, 0.717) is 17.5 Å². The molecule has 0 aromatic heterocycles.